The molecule has 11 heteroatoms. The summed E-state index contributed by atoms with van der Waals surface area (Å²) in [7, 11) is -10.3. The number of hydrogen-bond acceptors (Lipinski definition) is 6. The fourth-order valence-electron chi connectivity index (χ4n) is 1.92. The average molecular weight is 390 g/mol. The van der Waals surface area contributed by atoms with Gasteiger partial charge in [0.05, 0.1) is 14.4 Å². The molecule has 0 aliphatic rings. The first-order valence-corrected chi connectivity index (χ1v) is 10.4. The van der Waals surface area contributed by atoms with Crippen molar-refractivity contribution in [1.29, 1.82) is 0 Å². The first-order chi connectivity index (χ1) is 9.77. The summed E-state index contributed by atoms with van der Waals surface area (Å²) in [5.41, 5.74) is 0. The van der Waals surface area contributed by atoms with Gasteiger partial charge in [-0.05, 0) is 6.42 Å². The maximum Gasteiger partial charge on any atom is 1.00 e. The molecule has 0 heterocycles. The van der Waals surface area contributed by atoms with Gasteiger partial charge in [0, 0.05) is 0 Å². The molecule has 0 rings (SSSR count). The summed E-state index contributed by atoms with van der Waals surface area (Å²) in [5, 5.41) is 0. The Morgan fingerprint density at radius 3 is 1.61 bits per heavy atom. The Labute approximate surface area is 183 Å². The van der Waals surface area contributed by atoms with E-state index in [-0.39, 0.29) is 65.7 Å². The molecule has 0 aromatic carbocycles. The second-order valence-corrected chi connectivity index (χ2v) is 7.76. The first kappa shape index (κ1) is 30.0. The van der Waals surface area contributed by atoms with Crippen LogP contribution in [0.5, 0.6) is 0 Å². The van der Waals surface area contributed by atoms with Crippen molar-refractivity contribution in [2.24, 2.45) is 0 Å². The van der Waals surface area contributed by atoms with E-state index in [0.29, 0.717) is 6.42 Å². The van der Waals surface area contributed by atoms with Gasteiger partial charge >= 0.3 is 66.9 Å². The molecule has 0 aromatic heterocycles. The minimum Gasteiger partial charge on any atom is -0.789 e. The molecule has 0 radical (unpaired) electrons. The van der Waals surface area contributed by atoms with E-state index in [1.807, 2.05) is 0 Å². The van der Waals surface area contributed by atoms with Gasteiger partial charge in [-0.3, -0.25) is 8.83 Å². The van der Waals surface area contributed by atoms with Crippen molar-refractivity contribution in [2.45, 2.75) is 71.1 Å². The van der Waals surface area contributed by atoms with E-state index in [0.717, 1.165) is 19.3 Å². The molecule has 0 saturated heterocycles. The first-order valence-electron chi connectivity index (χ1n) is 7.47. The van der Waals surface area contributed by atoms with Crippen LogP contribution in [0.2, 0.25) is 0 Å². The topological polar surface area (TPSA) is 119 Å². The number of rotatable bonds is 14. The minimum absolute atomic E-state index is 0. The summed E-state index contributed by atoms with van der Waals surface area (Å²) in [6.45, 7) is 2.08. The van der Waals surface area contributed by atoms with Crippen LogP contribution in [-0.4, -0.2) is 11.5 Å². The van der Waals surface area contributed by atoms with Gasteiger partial charge in [0.2, 0.25) is 0 Å². The molecule has 7 nitrogen and oxygen atoms in total. The largest absolute Gasteiger partial charge is 1.00 e. The van der Waals surface area contributed by atoms with Crippen LogP contribution in [0.25, 0.3) is 0 Å². The van der Waals surface area contributed by atoms with Crippen LogP contribution in [0.1, 0.15) is 71.1 Å². The van der Waals surface area contributed by atoms with Gasteiger partial charge in [0.25, 0.3) is 0 Å². The molecule has 0 saturated carbocycles. The van der Waals surface area contributed by atoms with Crippen molar-refractivity contribution in [3.8, 4) is 0 Å². The van der Waals surface area contributed by atoms with Crippen molar-refractivity contribution in [3.63, 3.8) is 0 Å². The molecule has 128 valence electrons. The van der Waals surface area contributed by atoms with Crippen molar-refractivity contribution in [2.75, 3.05) is 6.61 Å². The van der Waals surface area contributed by atoms with Crippen molar-refractivity contribution < 1.29 is 91.8 Å². The maximum absolute atomic E-state index is 11.0. The summed E-state index contributed by atoms with van der Waals surface area (Å²) in [6.07, 6.45) is 11.0. The molecular formula is C12H26Na2O7P2. The van der Waals surface area contributed by atoms with E-state index in [1.54, 1.807) is 0 Å². The van der Waals surface area contributed by atoms with Crippen molar-refractivity contribution in [1.82, 2.24) is 0 Å². The number of phosphoric acid groups is 2. The van der Waals surface area contributed by atoms with Crippen LogP contribution in [0.3, 0.4) is 0 Å². The quantitative estimate of drug-likeness (QED) is 0.189. The summed E-state index contributed by atoms with van der Waals surface area (Å²) < 4.78 is 29.1. The smallest absolute Gasteiger partial charge is 0.789 e. The van der Waals surface area contributed by atoms with E-state index >= 15 is 0 Å². The van der Waals surface area contributed by atoms with E-state index in [4.69, 9.17) is 4.89 Å². The molecule has 0 aromatic rings. The van der Waals surface area contributed by atoms with Gasteiger partial charge in [0.15, 0.2) is 0 Å². The van der Waals surface area contributed by atoms with E-state index < -0.39 is 15.6 Å². The van der Waals surface area contributed by atoms with Crippen LogP contribution >= 0.6 is 15.6 Å². The summed E-state index contributed by atoms with van der Waals surface area (Å²) in [6, 6.07) is 0. The Morgan fingerprint density at radius 2 is 1.22 bits per heavy atom. The SMILES string of the molecule is CCCCCCCCCCCCOP(=O)(O)OP(=O)([O-])[O-].[Na+].[Na+]. The Hall–Kier alpha value is 2.26. The van der Waals surface area contributed by atoms with Crippen LogP contribution < -0.4 is 68.9 Å². The Balaban J connectivity index is -0.00000200. The predicted octanol–water partition coefficient (Wildman–Crippen LogP) is -3.12. The zero-order chi connectivity index (χ0) is 16.2. The third-order valence-electron chi connectivity index (χ3n) is 2.96. The number of hydrogen-bond donors (Lipinski definition) is 1. The van der Waals surface area contributed by atoms with Gasteiger partial charge in [0.1, 0.15) is 0 Å². The summed E-state index contributed by atoms with van der Waals surface area (Å²) >= 11 is 0. The predicted molar refractivity (Wildman–Crippen MR) is 76.3 cm³/mol. The van der Waals surface area contributed by atoms with Gasteiger partial charge in [-0.25, -0.2) is 4.57 Å². The van der Waals surface area contributed by atoms with Gasteiger partial charge in [-0.1, -0.05) is 64.7 Å². The van der Waals surface area contributed by atoms with E-state index in [1.165, 1.54) is 38.5 Å². The molecule has 1 N–H and O–H groups in total. The maximum atomic E-state index is 11.0. The molecule has 0 spiro atoms. The van der Waals surface area contributed by atoms with Crippen molar-refractivity contribution >= 4 is 15.6 Å². The Kier molecular flexibility index (Phi) is 23.0. The Bertz CT molecular complexity index is 352. The molecule has 0 aliphatic carbocycles. The molecule has 0 aliphatic heterocycles. The van der Waals surface area contributed by atoms with Crippen LogP contribution in [0.15, 0.2) is 0 Å². The zero-order valence-corrected chi connectivity index (χ0v) is 20.4. The molecular weight excluding hydrogens is 364 g/mol. The van der Waals surface area contributed by atoms with Gasteiger partial charge in [-0.15, -0.1) is 0 Å². The molecule has 0 amide bonds. The molecule has 23 heavy (non-hydrogen) atoms. The van der Waals surface area contributed by atoms with Crippen LogP contribution in [-0.2, 0) is 18.0 Å². The van der Waals surface area contributed by atoms with E-state index in [2.05, 4.69) is 15.8 Å². The third-order valence-corrected chi connectivity index (χ3v) is 5.09. The molecule has 1 unspecified atom stereocenters. The summed E-state index contributed by atoms with van der Waals surface area (Å²) in [5.74, 6) is 0. The Morgan fingerprint density at radius 1 is 0.826 bits per heavy atom. The van der Waals surface area contributed by atoms with Crippen LogP contribution in [0, 0.1) is 0 Å². The second kappa shape index (κ2) is 17.7. The van der Waals surface area contributed by atoms with Gasteiger partial charge in [-0.2, -0.15) is 0 Å². The van der Waals surface area contributed by atoms with Gasteiger partial charge < -0.3 is 19.2 Å². The third kappa shape index (κ3) is 24.3. The minimum atomic E-state index is -5.51. The molecule has 1 atom stereocenters. The normalized spacial score (nSPS) is 13.7. The standard InChI is InChI=1S/C12H28O7P2.2Na/c1-2-3-4-5-6-7-8-9-10-11-12-18-21(16,17)19-20(13,14)15;;/h2-12H2,1H3,(H,16,17)(H2,13,14,15);;/q;2*+1/p-2. The number of unbranched alkanes of at least 4 members (excludes halogenated alkanes) is 9. The van der Waals surface area contributed by atoms with E-state index in [9.17, 15) is 18.9 Å². The van der Waals surface area contributed by atoms with Crippen molar-refractivity contribution in [3.05, 3.63) is 0 Å². The number of phosphoric ester groups is 1. The molecule has 0 bridgehead atoms. The zero-order valence-electron chi connectivity index (χ0n) is 14.6. The fourth-order valence-corrected chi connectivity index (χ4v) is 3.48. The fraction of sp³-hybridized carbons (Fsp3) is 1.00. The van der Waals surface area contributed by atoms with Crippen LogP contribution in [0.4, 0.5) is 0 Å². The second-order valence-electron chi connectivity index (χ2n) is 5.01. The average Bonchev–Trinajstić information content (AvgIpc) is 2.33. The summed E-state index contributed by atoms with van der Waals surface area (Å²) in [4.78, 5) is 29.3. The molecule has 0 fully saturated rings. The monoisotopic (exact) mass is 390 g/mol.